The summed E-state index contributed by atoms with van der Waals surface area (Å²) in [6.07, 6.45) is 26.7. The zero-order valence-electron chi connectivity index (χ0n) is 17.2. The number of hydrogen-bond donors (Lipinski definition) is 0. The topological polar surface area (TPSA) is 0 Å². The molecule has 0 N–H and O–H groups in total. The SMILES string of the molecule is CCCCCCCCCC[PH](C)(C)CCCCCCCCCC. The third-order valence-corrected chi connectivity index (χ3v) is 8.83. The van der Waals surface area contributed by atoms with Gasteiger partial charge in [0.2, 0.25) is 0 Å². The Morgan fingerprint density at radius 2 is 0.652 bits per heavy atom. The van der Waals surface area contributed by atoms with E-state index < -0.39 is 7.26 Å². The van der Waals surface area contributed by atoms with E-state index in [1.807, 2.05) is 0 Å². The first-order valence-electron chi connectivity index (χ1n) is 11.1. The van der Waals surface area contributed by atoms with Gasteiger partial charge in [-0.25, -0.2) is 0 Å². The zero-order chi connectivity index (χ0) is 17.2. The Bertz CT molecular complexity index is 200. The van der Waals surface area contributed by atoms with Crippen molar-refractivity contribution < 1.29 is 0 Å². The van der Waals surface area contributed by atoms with E-state index in [1.54, 1.807) is 12.3 Å². The van der Waals surface area contributed by atoms with Crippen LogP contribution in [-0.4, -0.2) is 25.7 Å². The van der Waals surface area contributed by atoms with Crippen LogP contribution >= 0.6 is 7.26 Å². The molecule has 0 aliphatic carbocycles. The molecule has 0 aliphatic heterocycles. The summed E-state index contributed by atoms with van der Waals surface area (Å²) in [7, 11) is -0.866. The van der Waals surface area contributed by atoms with Gasteiger partial charge in [-0.3, -0.25) is 0 Å². The predicted octanol–water partition coefficient (Wildman–Crippen LogP) is 8.28. The van der Waals surface area contributed by atoms with Crippen molar-refractivity contribution >= 4 is 7.26 Å². The molecule has 0 aromatic carbocycles. The maximum atomic E-state index is 2.63. The molecule has 0 atom stereocenters. The van der Waals surface area contributed by atoms with Crippen LogP contribution in [0.15, 0.2) is 0 Å². The van der Waals surface area contributed by atoms with E-state index in [4.69, 9.17) is 0 Å². The van der Waals surface area contributed by atoms with Crippen molar-refractivity contribution in [3.8, 4) is 0 Å². The molecule has 0 radical (unpaired) electrons. The van der Waals surface area contributed by atoms with Crippen LogP contribution in [0.25, 0.3) is 0 Å². The molecule has 142 valence electrons. The molecule has 0 amide bonds. The molecule has 0 aliphatic rings. The van der Waals surface area contributed by atoms with Crippen LogP contribution in [0.3, 0.4) is 0 Å². The van der Waals surface area contributed by atoms with Crippen molar-refractivity contribution in [1.82, 2.24) is 0 Å². The molecule has 0 aromatic heterocycles. The van der Waals surface area contributed by atoms with Gasteiger partial charge in [0.05, 0.1) is 0 Å². The van der Waals surface area contributed by atoms with Crippen molar-refractivity contribution in [1.29, 1.82) is 0 Å². The molecule has 0 unspecified atom stereocenters. The molecule has 0 bridgehead atoms. The minimum atomic E-state index is -0.866. The molecule has 0 saturated carbocycles. The van der Waals surface area contributed by atoms with Crippen molar-refractivity contribution in [2.45, 2.75) is 117 Å². The van der Waals surface area contributed by atoms with E-state index >= 15 is 0 Å². The fraction of sp³-hybridized carbons (Fsp3) is 1.00. The fourth-order valence-corrected chi connectivity index (χ4v) is 6.26. The fourth-order valence-electron chi connectivity index (χ4n) is 3.60. The first-order chi connectivity index (χ1) is 11.1. The Balaban J connectivity index is 3.33. The van der Waals surface area contributed by atoms with E-state index in [9.17, 15) is 0 Å². The van der Waals surface area contributed by atoms with Gasteiger partial charge in [-0.05, 0) is 0 Å². The summed E-state index contributed by atoms with van der Waals surface area (Å²) in [4.78, 5) is 0. The van der Waals surface area contributed by atoms with Gasteiger partial charge in [0.15, 0.2) is 0 Å². The third-order valence-electron chi connectivity index (χ3n) is 5.41. The Kier molecular flexibility index (Phi) is 17.6. The van der Waals surface area contributed by atoms with Crippen LogP contribution < -0.4 is 0 Å². The second-order valence-electron chi connectivity index (χ2n) is 8.61. The van der Waals surface area contributed by atoms with Gasteiger partial charge < -0.3 is 0 Å². The normalized spacial score (nSPS) is 12.7. The van der Waals surface area contributed by atoms with Crippen molar-refractivity contribution in [3.05, 3.63) is 0 Å². The van der Waals surface area contributed by atoms with Gasteiger partial charge in [0.25, 0.3) is 0 Å². The van der Waals surface area contributed by atoms with E-state index in [2.05, 4.69) is 27.2 Å². The molecule has 0 aromatic rings. The second kappa shape index (κ2) is 17.3. The molecule has 23 heavy (non-hydrogen) atoms. The average molecular weight is 345 g/mol. The monoisotopic (exact) mass is 344 g/mol. The summed E-state index contributed by atoms with van der Waals surface area (Å²) < 4.78 is 0. The zero-order valence-corrected chi connectivity index (χ0v) is 18.2. The van der Waals surface area contributed by atoms with Gasteiger partial charge in [0.1, 0.15) is 0 Å². The molecular formula is C22H49P. The first kappa shape index (κ1) is 23.4. The molecule has 0 rings (SSSR count). The third kappa shape index (κ3) is 18.6. The summed E-state index contributed by atoms with van der Waals surface area (Å²) in [5, 5.41) is 0. The minimum absolute atomic E-state index is 0.866. The molecule has 0 nitrogen and oxygen atoms in total. The van der Waals surface area contributed by atoms with Crippen LogP contribution in [0.5, 0.6) is 0 Å². The Hall–Kier alpha value is 0.430. The molecule has 0 spiro atoms. The van der Waals surface area contributed by atoms with Crippen LogP contribution in [0, 0.1) is 0 Å². The van der Waals surface area contributed by atoms with E-state index in [0.29, 0.717) is 0 Å². The molecule has 1 heteroatoms. The van der Waals surface area contributed by atoms with E-state index in [1.165, 1.54) is 103 Å². The summed E-state index contributed by atoms with van der Waals surface area (Å²) in [5.74, 6) is 0. The number of hydrogen-bond acceptors (Lipinski definition) is 0. The van der Waals surface area contributed by atoms with Gasteiger partial charge in [-0.1, -0.05) is 0 Å². The summed E-state index contributed by atoms with van der Waals surface area (Å²) in [6.45, 7) is 9.88. The molecular weight excluding hydrogens is 295 g/mol. The molecule has 0 fully saturated rings. The van der Waals surface area contributed by atoms with Crippen molar-refractivity contribution in [2.75, 3.05) is 25.7 Å². The van der Waals surface area contributed by atoms with Gasteiger partial charge in [-0.2, -0.15) is 0 Å². The number of rotatable bonds is 18. The molecule has 0 heterocycles. The Morgan fingerprint density at radius 1 is 0.391 bits per heavy atom. The Labute approximate surface area is 149 Å². The van der Waals surface area contributed by atoms with Crippen LogP contribution in [0.1, 0.15) is 117 Å². The molecule has 0 saturated heterocycles. The van der Waals surface area contributed by atoms with Gasteiger partial charge in [-0.15, -0.1) is 0 Å². The summed E-state index contributed by atoms with van der Waals surface area (Å²) in [6, 6.07) is 0. The van der Waals surface area contributed by atoms with Crippen LogP contribution in [0.4, 0.5) is 0 Å². The van der Waals surface area contributed by atoms with Gasteiger partial charge in [0, 0.05) is 0 Å². The second-order valence-corrected chi connectivity index (χ2v) is 13.9. The Morgan fingerprint density at radius 3 is 0.957 bits per heavy atom. The van der Waals surface area contributed by atoms with E-state index in [0.717, 1.165) is 0 Å². The number of unbranched alkanes of at least 4 members (excludes halogenated alkanes) is 14. The standard InChI is InChI=1S/C22H49P/c1-5-7-9-11-13-15-17-19-21-23(3,4)22-20-18-16-14-12-10-8-6-2/h23H,5-22H2,1-4H3. The van der Waals surface area contributed by atoms with Crippen LogP contribution in [-0.2, 0) is 0 Å². The van der Waals surface area contributed by atoms with E-state index in [-0.39, 0.29) is 0 Å². The van der Waals surface area contributed by atoms with Crippen LogP contribution in [0.2, 0.25) is 0 Å². The average Bonchev–Trinajstić information content (AvgIpc) is 2.52. The summed E-state index contributed by atoms with van der Waals surface area (Å²) >= 11 is 0. The predicted molar refractivity (Wildman–Crippen MR) is 115 cm³/mol. The van der Waals surface area contributed by atoms with Crippen molar-refractivity contribution in [2.24, 2.45) is 0 Å². The first-order valence-corrected chi connectivity index (χ1v) is 14.5. The van der Waals surface area contributed by atoms with Gasteiger partial charge >= 0.3 is 149 Å². The van der Waals surface area contributed by atoms with Crippen molar-refractivity contribution in [3.63, 3.8) is 0 Å². The quantitative estimate of drug-likeness (QED) is 0.173. The maximum absolute atomic E-state index is 2.63. The summed E-state index contributed by atoms with van der Waals surface area (Å²) in [5.41, 5.74) is 0.